The minimum Gasteiger partial charge on any atom is -0.439 e. The Morgan fingerprint density at radius 1 is 1.18 bits per heavy atom. The van der Waals surface area contributed by atoms with Crippen LogP contribution in [0, 0.1) is 27.9 Å². The Hall–Kier alpha value is -2.02. The normalized spacial score (nSPS) is 14.5. The van der Waals surface area contributed by atoms with Gasteiger partial charge in [-0.3, -0.25) is 4.72 Å². The highest BCUT2D eigenvalue weighted by Gasteiger charge is 2.38. The Labute approximate surface area is 171 Å². The molecule has 1 aliphatic carbocycles. The van der Waals surface area contributed by atoms with Crippen molar-refractivity contribution in [3.05, 3.63) is 45.1 Å². The first-order valence-corrected chi connectivity index (χ1v) is 10.8. The van der Waals surface area contributed by atoms with Crippen molar-refractivity contribution in [3.8, 4) is 0 Å². The third kappa shape index (κ3) is 3.41. The molecule has 148 valence electrons. The van der Waals surface area contributed by atoms with Gasteiger partial charge in [0.2, 0.25) is 10.0 Å². The highest BCUT2D eigenvalue weighted by atomic mass is 127. The number of hydrogen-bond donors (Lipinski definition) is 2. The van der Waals surface area contributed by atoms with Crippen molar-refractivity contribution in [2.24, 2.45) is 0 Å². The standard InChI is InChI=1S/C17H13F3IN3O3S/c1-7-22-15-13(20)12(19)14(23-11-5-2-8(21)6-10(11)18)16(17(15)27-7)24-28(25,26)9-3-4-9/h2,5-6,9,23-24H,3-4H2,1H3. The Morgan fingerprint density at radius 3 is 2.54 bits per heavy atom. The summed E-state index contributed by atoms with van der Waals surface area (Å²) in [6.07, 6.45) is 0.929. The van der Waals surface area contributed by atoms with Crippen LogP contribution in [-0.4, -0.2) is 18.7 Å². The fourth-order valence-corrected chi connectivity index (χ4v) is 4.58. The molecule has 11 heteroatoms. The van der Waals surface area contributed by atoms with Crippen molar-refractivity contribution in [2.75, 3.05) is 10.0 Å². The summed E-state index contributed by atoms with van der Waals surface area (Å²) in [6.45, 7) is 1.42. The summed E-state index contributed by atoms with van der Waals surface area (Å²) in [5, 5.41) is 1.83. The van der Waals surface area contributed by atoms with E-state index < -0.39 is 43.9 Å². The molecule has 0 atom stereocenters. The summed E-state index contributed by atoms with van der Waals surface area (Å²) >= 11 is 1.90. The Bertz CT molecular complexity index is 1210. The Balaban J connectivity index is 1.92. The number of aryl methyl sites for hydroxylation is 1. The lowest BCUT2D eigenvalue weighted by Gasteiger charge is -2.16. The van der Waals surface area contributed by atoms with E-state index in [1.165, 1.54) is 19.1 Å². The van der Waals surface area contributed by atoms with Crippen LogP contribution in [0.2, 0.25) is 0 Å². The van der Waals surface area contributed by atoms with Crippen LogP contribution in [0.25, 0.3) is 11.1 Å². The monoisotopic (exact) mass is 523 g/mol. The van der Waals surface area contributed by atoms with E-state index in [2.05, 4.69) is 15.0 Å². The predicted octanol–water partition coefficient (Wildman–Crippen LogP) is 4.81. The number of hydrogen-bond acceptors (Lipinski definition) is 5. The molecule has 0 unspecified atom stereocenters. The number of oxazole rings is 1. The van der Waals surface area contributed by atoms with Gasteiger partial charge in [-0.25, -0.2) is 26.6 Å². The van der Waals surface area contributed by atoms with Crippen molar-refractivity contribution in [3.63, 3.8) is 0 Å². The number of nitrogens with one attached hydrogen (secondary N) is 2. The second kappa shape index (κ2) is 6.79. The van der Waals surface area contributed by atoms with Crippen molar-refractivity contribution in [1.29, 1.82) is 0 Å². The number of sulfonamides is 1. The molecule has 1 saturated carbocycles. The number of halogens is 4. The molecule has 3 aromatic rings. The fraction of sp³-hybridized carbons (Fsp3) is 0.235. The van der Waals surface area contributed by atoms with E-state index >= 15 is 0 Å². The van der Waals surface area contributed by atoms with Crippen LogP contribution in [-0.2, 0) is 10.0 Å². The first-order valence-electron chi connectivity index (χ1n) is 8.19. The third-order valence-corrected chi connectivity index (χ3v) is 6.74. The third-order valence-electron chi connectivity index (χ3n) is 4.23. The predicted molar refractivity (Wildman–Crippen MR) is 107 cm³/mol. The molecule has 0 spiro atoms. The highest BCUT2D eigenvalue weighted by Crippen LogP contribution is 2.41. The van der Waals surface area contributed by atoms with Crippen LogP contribution in [0.5, 0.6) is 0 Å². The van der Waals surface area contributed by atoms with E-state index in [-0.39, 0.29) is 22.8 Å². The maximum atomic E-state index is 14.8. The van der Waals surface area contributed by atoms with Gasteiger partial charge in [-0.15, -0.1) is 0 Å². The van der Waals surface area contributed by atoms with Crippen LogP contribution in [0.3, 0.4) is 0 Å². The first kappa shape index (κ1) is 19.3. The van der Waals surface area contributed by atoms with Crippen LogP contribution in [0.1, 0.15) is 18.7 Å². The van der Waals surface area contributed by atoms with Gasteiger partial charge in [-0.1, -0.05) is 0 Å². The largest absolute Gasteiger partial charge is 0.439 e. The maximum absolute atomic E-state index is 14.8. The summed E-state index contributed by atoms with van der Waals surface area (Å²) in [5.41, 5.74) is -1.79. The van der Waals surface area contributed by atoms with Gasteiger partial charge in [0.15, 0.2) is 28.6 Å². The summed E-state index contributed by atoms with van der Waals surface area (Å²) in [7, 11) is -3.85. The zero-order valence-electron chi connectivity index (χ0n) is 14.3. The second-order valence-electron chi connectivity index (χ2n) is 6.38. The smallest absolute Gasteiger partial charge is 0.235 e. The molecule has 0 radical (unpaired) electrons. The zero-order chi connectivity index (χ0) is 20.2. The number of aromatic nitrogens is 1. The van der Waals surface area contributed by atoms with E-state index in [0.29, 0.717) is 16.4 Å². The molecule has 1 heterocycles. The molecular weight excluding hydrogens is 510 g/mol. The molecule has 2 N–H and O–H groups in total. The molecule has 0 amide bonds. The molecule has 1 aromatic heterocycles. The van der Waals surface area contributed by atoms with E-state index in [1.807, 2.05) is 22.6 Å². The summed E-state index contributed by atoms with van der Waals surface area (Å²) < 4.78 is 76.6. The topological polar surface area (TPSA) is 84.2 Å². The number of anilines is 3. The number of nitrogens with zero attached hydrogens (tertiary/aromatic N) is 1. The average molecular weight is 523 g/mol. The molecule has 28 heavy (non-hydrogen) atoms. The molecule has 6 nitrogen and oxygen atoms in total. The van der Waals surface area contributed by atoms with Crippen LogP contribution >= 0.6 is 22.6 Å². The Morgan fingerprint density at radius 2 is 1.89 bits per heavy atom. The number of rotatable bonds is 5. The van der Waals surface area contributed by atoms with E-state index in [0.717, 1.165) is 0 Å². The number of fused-ring (bicyclic) bond motifs is 1. The van der Waals surface area contributed by atoms with Crippen molar-refractivity contribution in [2.45, 2.75) is 25.0 Å². The molecule has 4 rings (SSSR count). The minimum absolute atomic E-state index is 0.0257. The SMILES string of the molecule is Cc1nc2c(F)c(F)c(Nc3ccc(I)cc3F)c(NS(=O)(=O)C3CC3)c2o1. The van der Waals surface area contributed by atoms with Crippen molar-refractivity contribution in [1.82, 2.24) is 4.98 Å². The van der Waals surface area contributed by atoms with Crippen molar-refractivity contribution >= 4 is 60.8 Å². The molecule has 0 aliphatic heterocycles. The molecule has 2 aromatic carbocycles. The second-order valence-corrected chi connectivity index (χ2v) is 9.59. The maximum Gasteiger partial charge on any atom is 0.235 e. The van der Waals surface area contributed by atoms with E-state index in [9.17, 15) is 21.6 Å². The molecular formula is C17H13F3IN3O3S. The molecule has 1 fully saturated rings. The summed E-state index contributed by atoms with van der Waals surface area (Å²) in [4.78, 5) is 3.78. The lowest BCUT2D eigenvalue weighted by Crippen LogP contribution is -2.19. The highest BCUT2D eigenvalue weighted by molar-refractivity contribution is 14.1. The summed E-state index contributed by atoms with van der Waals surface area (Å²) in [6, 6.07) is 4.09. The first-order chi connectivity index (χ1) is 13.2. The van der Waals surface area contributed by atoms with Gasteiger partial charge in [-0.2, -0.15) is 0 Å². The lowest BCUT2D eigenvalue weighted by molar-refractivity contribution is 0.517. The van der Waals surface area contributed by atoms with Gasteiger partial charge in [0.25, 0.3) is 0 Å². The van der Waals surface area contributed by atoms with Gasteiger partial charge in [-0.05, 0) is 53.6 Å². The van der Waals surface area contributed by atoms with Gasteiger partial charge >= 0.3 is 0 Å². The van der Waals surface area contributed by atoms with Gasteiger partial charge in [0.05, 0.1) is 10.9 Å². The van der Waals surface area contributed by atoms with Crippen LogP contribution in [0.15, 0.2) is 22.6 Å². The molecule has 1 aliphatic rings. The van der Waals surface area contributed by atoms with Gasteiger partial charge in [0.1, 0.15) is 17.2 Å². The lowest BCUT2D eigenvalue weighted by atomic mass is 10.2. The van der Waals surface area contributed by atoms with Gasteiger partial charge < -0.3 is 9.73 Å². The van der Waals surface area contributed by atoms with Crippen LogP contribution in [0.4, 0.5) is 30.2 Å². The summed E-state index contributed by atoms with van der Waals surface area (Å²) in [5.74, 6) is -3.41. The molecule has 0 bridgehead atoms. The van der Waals surface area contributed by atoms with E-state index in [4.69, 9.17) is 4.42 Å². The van der Waals surface area contributed by atoms with Crippen molar-refractivity contribution < 1.29 is 26.0 Å². The Kier molecular flexibility index (Phi) is 4.68. The number of benzene rings is 2. The minimum atomic E-state index is -3.85. The van der Waals surface area contributed by atoms with Gasteiger partial charge in [0, 0.05) is 10.5 Å². The quantitative estimate of drug-likeness (QED) is 0.470. The molecule has 0 saturated heterocycles. The zero-order valence-corrected chi connectivity index (χ0v) is 17.3. The fourth-order valence-electron chi connectivity index (χ4n) is 2.73. The average Bonchev–Trinajstić information content (AvgIpc) is 3.41. The van der Waals surface area contributed by atoms with Crippen LogP contribution < -0.4 is 10.0 Å². The van der Waals surface area contributed by atoms with E-state index in [1.54, 1.807) is 6.07 Å².